The molecule has 1 unspecified atom stereocenters. The summed E-state index contributed by atoms with van der Waals surface area (Å²) in [5, 5.41) is 12.0. The smallest absolute Gasteiger partial charge is 0.227 e. The normalized spacial score (nSPS) is 19.2. The van der Waals surface area contributed by atoms with E-state index in [0.717, 1.165) is 30.3 Å². The first-order chi connectivity index (χ1) is 9.72. The Kier molecular flexibility index (Phi) is 3.70. The van der Waals surface area contributed by atoms with Crippen LogP contribution in [0.2, 0.25) is 0 Å². The number of benzene rings is 2. The molecule has 1 amide bonds. The fourth-order valence-corrected chi connectivity index (χ4v) is 2.82. The van der Waals surface area contributed by atoms with E-state index in [0.29, 0.717) is 13.0 Å². The number of rotatable bonds is 2. The standard InChI is InChI=1S/C17H19NO2/c19-16-6-3-9-18(12-16)17(20)11-13-7-8-14-4-1-2-5-15(14)10-13/h1-2,4-5,7-8,10,16,19H,3,6,9,11-12H2. The number of aliphatic hydroxyl groups excluding tert-OH is 1. The van der Waals surface area contributed by atoms with Crippen LogP contribution in [-0.2, 0) is 11.2 Å². The number of hydrogen-bond donors (Lipinski definition) is 1. The molecule has 0 spiro atoms. The highest BCUT2D eigenvalue weighted by Gasteiger charge is 2.21. The number of carbonyl (C=O) groups excluding carboxylic acids is 1. The van der Waals surface area contributed by atoms with Gasteiger partial charge in [-0.1, -0.05) is 42.5 Å². The Hall–Kier alpha value is -1.87. The molecule has 0 bridgehead atoms. The number of fused-ring (bicyclic) bond motifs is 1. The molecule has 1 aliphatic rings. The minimum absolute atomic E-state index is 0.110. The van der Waals surface area contributed by atoms with Crippen LogP contribution in [0.15, 0.2) is 42.5 Å². The van der Waals surface area contributed by atoms with Crippen LogP contribution < -0.4 is 0 Å². The van der Waals surface area contributed by atoms with E-state index in [2.05, 4.69) is 24.3 Å². The van der Waals surface area contributed by atoms with Gasteiger partial charge in [0.25, 0.3) is 0 Å². The van der Waals surface area contributed by atoms with Gasteiger partial charge in [-0.3, -0.25) is 4.79 Å². The van der Waals surface area contributed by atoms with Crippen molar-refractivity contribution in [1.29, 1.82) is 0 Å². The van der Waals surface area contributed by atoms with Crippen molar-refractivity contribution in [1.82, 2.24) is 4.90 Å². The van der Waals surface area contributed by atoms with Gasteiger partial charge in [-0.15, -0.1) is 0 Å². The quantitative estimate of drug-likeness (QED) is 0.909. The minimum atomic E-state index is -0.357. The number of β-amino-alcohol motifs (C(OH)–C–C–N with tert-alkyl or cyclic N) is 1. The second-order valence-electron chi connectivity index (χ2n) is 5.49. The predicted octanol–water partition coefficient (Wildman–Crippen LogP) is 2.37. The maximum Gasteiger partial charge on any atom is 0.227 e. The molecule has 3 heteroatoms. The molecule has 1 heterocycles. The van der Waals surface area contributed by atoms with Crippen LogP contribution in [0, 0.1) is 0 Å². The van der Waals surface area contributed by atoms with Crippen molar-refractivity contribution < 1.29 is 9.90 Å². The summed E-state index contributed by atoms with van der Waals surface area (Å²) in [6, 6.07) is 14.3. The van der Waals surface area contributed by atoms with Gasteiger partial charge in [0.1, 0.15) is 0 Å². The van der Waals surface area contributed by atoms with Gasteiger partial charge < -0.3 is 10.0 Å². The van der Waals surface area contributed by atoms with Crippen LogP contribution in [0.25, 0.3) is 10.8 Å². The lowest BCUT2D eigenvalue weighted by Gasteiger charge is -2.30. The Balaban J connectivity index is 1.73. The van der Waals surface area contributed by atoms with E-state index in [-0.39, 0.29) is 12.0 Å². The predicted molar refractivity (Wildman–Crippen MR) is 79.5 cm³/mol. The number of amides is 1. The monoisotopic (exact) mass is 269 g/mol. The van der Waals surface area contributed by atoms with E-state index in [9.17, 15) is 9.90 Å². The summed E-state index contributed by atoms with van der Waals surface area (Å²) in [6.07, 6.45) is 1.76. The van der Waals surface area contributed by atoms with Crippen molar-refractivity contribution in [3.05, 3.63) is 48.0 Å². The first-order valence-electron chi connectivity index (χ1n) is 7.16. The van der Waals surface area contributed by atoms with Gasteiger partial charge in [0.15, 0.2) is 0 Å². The van der Waals surface area contributed by atoms with Gasteiger partial charge in [0.2, 0.25) is 5.91 Å². The molecule has 1 aliphatic heterocycles. The molecule has 1 fully saturated rings. The Bertz CT molecular complexity index is 623. The zero-order valence-electron chi connectivity index (χ0n) is 11.5. The highest BCUT2D eigenvalue weighted by atomic mass is 16.3. The van der Waals surface area contributed by atoms with Crippen molar-refractivity contribution in [3.8, 4) is 0 Å². The van der Waals surface area contributed by atoms with E-state index in [1.807, 2.05) is 18.2 Å². The molecular formula is C17H19NO2. The van der Waals surface area contributed by atoms with Crippen LogP contribution in [0.4, 0.5) is 0 Å². The maximum atomic E-state index is 12.3. The first kappa shape index (κ1) is 13.1. The average molecular weight is 269 g/mol. The molecule has 104 valence electrons. The molecule has 2 aromatic rings. The van der Waals surface area contributed by atoms with Crippen LogP contribution >= 0.6 is 0 Å². The lowest BCUT2D eigenvalue weighted by atomic mass is 10.0. The second kappa shape index (κ2) is 5.63. The van der Waals surface area contributed by atoms with Crippen LogP contribution in [-0.4, -0.2) is 35.1 Å². The third-order valence-electron chi connectivity index (χ3n) is 3.92. The molecule has 1 saturated heterocycles. The van der Waals surface area contributed by atoms with Gasteiger partial charge in [-0.05, 0) is 29.2 Å². The summed E-state index contributed by atoms with van der Waals surface area (Å²) in [7, 11) is 0. The third-order valence-corrected chi connectivity index (χ3v) is 3.92. The molecule has 2 aromatic carbocycles. The number of hydrogen-bond acceptors (Lipinski definition) is 2. The summed E-state index contributed by atoms with van der Waals surface area (Å²) >= 11 is 0. The highest BCUT2D eigenvalue weighted by Crippen LogP contribution is 2.17. The molecule has 3 rings (SSSR count). The second-order valence-corrected chi connectivity index (χ2v) is 5.49. The van der Waals surface area contributed by atoms with Crippen molar-refractivity contribution in [3.63, 3.8) is 0 Å². The SMILES string of the molecule is O=C(Cc1ccc2ccccc2c1)N1CCCC(O)C1. The number of carbonyl (C=O) groups is 1. The fourth-order valence-electron chi connectivity index (χ4n) is 2.82. The summed E-state index contributed by atoms with van der Waals surface area (Å²) in [6.45, 7) is 1.25. The zero-order chi connectivity index (χ0) is 13.9. The highest BCUT2D eigenvalue weighted by molar-refractivity contribution is 5.85. The third kappa shape index (κ3) is 2.83. The van der Waals surface area contributed by atoms with Crippen LogP contribution in [0.1, 0.15) is 18.4 Å². The lowest BCUT2D eigenvalue weighted by Crippen LogP contribution is -2.42. The fraction of sp³-hybridized carbons (Fsp3) is 0.353. The van der Waals surface area contributed by atoms with Crippen molar-refractivity contribution in [2.24, 2.45) is 0 Å². The lowest BCUT2D eigenvalue weighted by molar-refractivity contribution is -0.133. The van der Waals surface area contributed by atoms with Crippen molar-refractivity contribution in [2.45, 2.75) is 25.4 Å². The van der Waals surface area contributed by atoms with Gasteiger partial charge in [0.05, 0.1) is 12.5 Å². The topological polar surface area (TPSA) is 40.5 Å². The maximum absolute atomic E-state index is 12.3. The van der Waals surface area contributed by atoms with Gasteiger partial charge in [0, 0.05) is 13.1 Å². The van der Waals surface area contributed by atoms with E-state index < -0.39 is 0 Å². The Morgan fingerprint density at radius 3 is 2.80 bits per heavy atom. The molecule has 1 atom stereocenters. The molecule has 0 radical (unpaired) electrons. The van der Waals surface area contributed by atoms with Crippen molar-refractivity contribution in [2.75, 3.05) is 13.1 Å². The minimum Gasteiger partial charge on any atom is -0.391 e. The van der Waals surface area contributed by atoms with E-state index in [1.165, 1.54) is 5.39 Å². The van der Waals surface area contributed by atoms with E-state index in [4.69, 9.17) is 0 Å². The molecule has 1 N–H and O–H groups in total. The molecule has 20 heavy (non-hydrogen) atoms. The summed E-state index contributed by atoms with van der Waals surface area (Å²) in [5.41, 5.74) is 1.04. The number of likely N-dealkylation sites (tertiary alicyclic amines) is 1. The van der Waals surface area contributed by atoms with E-state index in [1.54, 1.807) is 4.90 Å². The van der Waals surface area contributed by atoms with Gasteiger partial charge >= 0.3 is 0 Å². The molecule has 3 nitrogen and oxygen atoms in total. The van der Waals surface area contributed by atoms with Crippen LogP contribution in [0.5, 0.6) is 0 Å². The van der Waals surface area contributed by atoms with E-state index >= 15 is 0 Å². The Labute approximate surface area is 118 Å². The van der Waals surface area contributed by atoms with Gasteiger partial charge in [-0.2, -0.15) is 0 Å². The summed E-state index contributed by atoms with van der Waals surface area (Å²) < 4.78 is 0. The molecule has 0 aliphatic carbocycles. The molecule has 0 saturated carbocycles. The average Bonchev–Trinajstić information content (AvgIpc) is 2.47. The summed E-state index contributed by atoms with van der Waals surface area (Å²) in [5.74, 6) is 0.110. The van der Waals surface area contributed by atoms with Crippen LogP contribution in [0.3, 0.4) is 0 Å². The zero-order valence-corrected chi connectivity index (χ0v) is 11.5. The number of nitrogens with zero attached hydrogens (tertiary/aromatic N) is 1. The Morgan fingerprint density at radius 2 is 2.00 bits per heavy atom. The molecule has 0 aromatic heterocycles. The summed E-state index contributed by atoms with van der Waals surface area (Å²) in [4.78, 5) is 14.0. The Morgan fingerprint density at radius 1 is 1.20 bits per heavy atom. The van der Waals surface area contributed by atoms with Crippen molar-refractivity contribution >= 4 is 16.7 Å². The molecular weight excluding hydrogens is 250 g/mol. The van der Waals surface area contributed by atoms with Gasteiger partial charge in [-0.25, -0.2) is 0 Å². The number of piperidine rings is 1. The number of aliphatic hydroxyl groups is 1. The first-order valence-corrected chi connectivity index (χ1v) is 7.16. The largest absolute Gasteiger partial charge is 0.391 e.